The Morgan fingerprint density at radius 3 is 2.12 bits per heavy atom. The van der Waals surface area contributed by atoms with Crippen molar-refractivity contribution in [1.82, 2.24) is 9.80 Å². The number of piperazine rings is 1. The minimum absolute atomic E-state index is 0. The van der Waals surface area contributed by atoms with Crippen LogP contribution in [0.4, 0.5) is 0 Å². The van der Waals surface area contributed by atoms with Gasteiger partial charge < -0.3 is 20.3 Å². The molecule has 0 bridgehead atoms. The van der Waals surface area contributed by atoms with Crippen LogP contribution in [-0.2, 0) is 9.53 Å². The van der Waals surface area contributed by atoms with E-state index in [4.69, 9.17) is 33.7 Å². The molecule has 1 aromatic carbocycles. The fraction of sp³-hybridized carbons (Fsp3) is 0.500. The summed E-state index contributed by atoms with van der Waals surface area (Å²) in [4.78, 5) is 28.2. The molecular formula is C16H22Cl3N3O3. The van der Waals surface area contributed by atoms with Crippen molar-refractivity contribution >= 4 is 47.4 Å². The van der Waals surface area contributed by atoms with E-state index >= 15 is 0 Å². The van der Waals surface area contributed by atoms with E-state index < -0.39 is 0 Å². The predicted octanol–water partition coefficient (Wildman–Crippen LogP) is 2.06. The Kier molecular flexibility index (Phi) is 8.96. The number of nitrogens with zero attached hydrogens (tertiary/aromatic N) is 2. The third-order valence-corrected chi connectivity index (χ3v) is 4.46. The molecule has 6 nitrogen and oxygen atoms in total. The largest absolute Gasteiger partial charge is 0.380 e. The van der Waals surface area contributed by atoms with Crippen LogP contribution >= 0.6 is 35.6 Å². The molecule has 1 fully saturated rings. The molecule has 1 aliphatic heterocycles. The number of hydrogen-bond donors (Lipinski definition) is 1. The van der Waals surface area contributed by atoms with Gasteiger partial charge in [-0.3, -0.25) is 9.59 Å². The number of nitrogens with two attached hydrogens (primary N) is 1. The van der Waals surface area contributed by atoms with Gasteiger partial charge in [-0.2, -0.15) is 0 Å². The Balaban J connectivity index is 0.00000312. The van der Waals surface area contributed by atoms with E-state index in [1.807, 2.05) is 0 Å². The van der Waals surface area contributed by atoms with E-state index in [0.29, 0.717) is 48.3 Å². The lowest BCUT2D eigenvalue weighted by molar-refractivity contribution is -0.135. The summed E-state index contributed by atoms with van der Waals surface area (Å²) in [5, 5.41) is 0.846. The minimum Gasteiger partial charge on any atom is -0.380 e. The molecule has 2 amide bonds. The second-order valence-corrected chi connectivity index (χ2v) is 6.50. The van der Waals surface area contributed by atoms with Crippen LogP contribution in [0, 0.1) is 0 Å². The van der Waals surface area contributed by atoms with Crippen LogP contribution in [0.2, 0.25) is 10.0 Å². The monoisotopic (exact) mass is 409 g/mol. The third-order valence-electron chi connectivity index (χ3n) is 4.03. The number of rotatable bonds is 5. The Hall–Kier alpha value is -1.05. The normalized spacial score (nSPS) is 15.5. The van der Waals surface area contributed by atoms with Crippen molar-refractivity contribution in [3.63, 3.8) is 0 Å². The summed E-state index contributed by atoms with van der Waals surface area (Å²) < 4.78 is 5.14. The van der Waals surface area contributed by atoms with E-state index in [0.717, 1.165) is 0 Å². The van der Waals surface area contributed by atoms with Crippen molar-refractivity contribution in [1.29, 1.82) is 0 Å². The summed E-state index contributed by atoms with van der Waals surface area (Å²) in [5.41, 5.74) is 6.00. The quantitative estimate of drug-likeness (QED) is 0.806. The zero-order valence-electron chi connectivity index (χ0n) is 13.9. The lowest BCUT2D eigenvalue weighted by Gasteiger charge is -2.35. The number of benzene rings is 1. The third kappa shape index (κ3) is 6.01. The number of amides is 2. The van der Waals surface area contributed by atoms with Gasteiger partial charge in [0.2, 0.25) is 5.91 Å². The molecule has 1 heterocycles. The Morgan fingerprint density at radius 1 is 1.12 bits per heavy atom. The molecular weight excluding hydrogens is 389 g/mol. The molecule has 0 aliphatic carbocycles. The van der Waals surface area contributed by atoms with Crippen molar-refractivity contribution < 1.29 is 14.3 Å². The lowest BCUT2D eigenvalue weighted by atomic mass is 10.1. The van der Waals surface area contributed by atoms with Crippen molar-refractivity contribution in [2.45, 2.75) is 12.5 Å². The fourth-order valence-electron chi connectivity index (χ4n) is 2.61. The van der Waals surface area contributed by atoms with Crippen LogP contribution in [0.5, 0.6) is 0 Å². The first-order chi connectivity index (χ1) is 11.4. The van der Waals surface area contributed by atoms with Crippen molar-refractivity contribution in [2.24, 2.45) is 5.73 Å². The van der Waals surface area contributed by atoms with E-state index in [1.54, 1.807) is 28.0 Å². The maximum Gasteiger partial charge on any atom is 0.254 e. The van der Waals surface area contributed by atoms with Gasteiger partial charge in [0.1, 0.15) is 0 Å². The summed E-state index contributed by atoms with van der Waals surface area (Å²) in [7, 11) is 1.54. The van der Waals surface area contributed by atoms with Gasteiger partial charge in [0.25, 0.3) is 5.91 Å². The number of halogens is 3. The molecule has 2 rings (SSSR count). The molecule has 1 aromatic rings. The highest BCUT2D eigenvalue weighted by molar-refractivity contribution is 6.35. The van der Waals surface area contributed by atoms with Crippen LogP contribution in [0.1, 0.15) is 16.8 Å². The van der Waals surface area contributed by atoms with Crippen molar-refractivity contribution in [3.8, 4) is 0 Å². The van der Waals surface area contributed by atoms with Gasteiger partial charge in [0.05, 0.1) is 12.5 Å². The highest BCUT2D eigenvalue weighted by Gasteiger charge is 2.26. The second kappa shape index (κ2) is 10.2. The van der Waals surface area contributed by atoms with Gasteiger partial charge in [-0.15, -0.1) is 12.4 Å². The smallest absolute Gasteiger partial charge is 0.254 e. The highest BCUT2D eigenvalue weighted by atomic mass is 35.5. The maximum absolute atomic E-state index is 12.5. The molecule has 0 aromatic heterocycles. The molecule has 0 spiro atoms. The van der Waals surface area contributed by atoms with E-state index in [2.05, 4.69) is 0 Å². The molecule has 1 atom stereocenters. The van der Waals surface area contributed by atoms with Gasteiger partial charge in [0.15, 0.2) is 0 Å². The number of carbonyl (C=O) groups is 2. The Morgan fingerprint density at radius 2 is 1.64 bits per heavy atom. The van der Waals surface area contributed by atoms with E-state index in [-0.39, 0.29) is 36.7 Å². The first-order valence-electron chi connectivity index (χ1n) is 7.70. The van der Waals surface area contributed by atoms with Gasteiger partial charge in [-0.05, 0) is 18.2 Å². The number of carbonyl (C=O) groups excluding carboxylic acids is 2. The average molecular weight is 411 g/mol. The fourth-order valence-corrected chi connectivity index (χ4v) is 3.13. The first-order valence-corrected chi connectivity index (χ1v) is 8.46. The first kappa shape index (κ1) is 22.0. The number of methoxy groups -OCH3 is 1. The van der Waals surface area contributed by atoms with E-state index in [1.165, 1.54) is 7.11 Å². The molecule has 0 saturated carbocycles. The lowest BCUT2D eigenvalue weighted by Crippen LogP contribution is -2.51. The Labute approximate surface area is 163 Å². The molecule has 140 valence electrons. The minimum atomic E-state index is -0.272. The van der Waals surface area contributed by atoms with E-state index in [9.17, 15) is 9.59 Å². The Bertz CT molecular complexity index is 583. The summed E-state index contributed by atoms with van der Waals surface area (Å²) in [6, 6.07) is 4.77. The van der Waals surface area contributed by atoms with Crippen LogP contribution in [0.3, 0.4) is 0 Å². The summed E-state index contributed by atoms with van der Waals surface area (Å²) in [5.74, 6) is -0.145. The summed E-state index contributed by atoms with van der Waals surface area (Å²) >= 11 is 11.9. The molecule has 1 saturated heterocycles. The van der Waals surface area contributed by atoms with Crippen LogP contribution in [0.25, 0.3) is 0 Å². The molecule has 1 aliphatic rings. The molecule has 1 unspecified atom stereocenters. The van der Waals surface area contributed by atoms with Crippen molar-refractivity contribution in [2.75, 3.05) is 39.8 Å². The molecule has 9 heteroatoms. The van der Waals surface area contributed by atoms with Gasteiger partial charge in [-0.25, -0.2) is 0 Å². The van der Waals surface area contributed by atoms with Crippen LogP contribution in [-0.4, -0.2) is 67.6 Å². The molecule has 25 heavy (non-hydrogen) atoms. The van der Waals surface area contributed by atoms with Crippen LogP contribution < -0.4 is 5.73 Å². The highest BCUT2D eigenvalue weighted by Crippen LogP contribution is 2.20. The second-order valence-electron chi connectivity index (χ2n) is 5.63. The topological polar surface area (TPSA) is 75.9 Å². The summed E-state index contributed by atoms with van der Waals surface area (Å²) in [6.45, 7) is 2.21. The number of hydrogen-bond acceptors (Lipinski definition) is 4. The van der Waals surface area contributed by atoms with Crippen molar-refractivity contribution in [3.05, 3.63) is 33.8 Å². The van der Waals surface area contributed by atoms with Crippen LogP contribution in [0.15, 0.2) is 18.2 Å². The average Bonchev–Trinajstić information content (AvgIpc) is 2.58. The zero-order valence-corrected chi connectivity index (χ0v) is 16.2. The number of ether oxygens (including phenoxy) is 1. The molecule has 0 radical (unpaired) electrons. The zero-order chi connectivity index (χ0) is 17.7. The predicted molar refractivity (Wildman–Crippen MR) is 101 cm³/mol. The van der Waals surface area contributed by atoms with Gasteiger partial charge in [0, 0.05) is 55.4 Å². The standard InChI is InChI=1S/C16H21Cl2N3O3.ClH/c1-24-14(10-19)9-15(22)20-2-4-21(5-3-20)16(23)11-6-12(17)8-13(18)7-11;/h6-8,14H,2-5,9-10,19H2,1H3;1H. The SMILES string of the molecule is COC(CN)CC(=O)N1CCN(C(=O)c2cc(Cl)cc(Cl)c2)CC1.Cl. The van der Waals surface area contributed by atoms with Gasteiger partial charge >= 0.3 is 0 Å². The maximum atomic E-state index is 12.5. The van der Waals surface area contributed by atoms with Gasteiger partial charge in [-0.1, -0.05) is 23.2 Å². The summed E-state index contributed by atoms with van der Waals surface area (Å²) in [6.07, 6.45) is -0.0176. The molecule has 2 N–H and O–H groups in total.